The molecule has 6 heteroatoms. The van der Waals surface area contributed by atoms with Crippen LogP contribution in [0.5, 0.6) is 23.0 Å². The van der Waals surface area contributed by atoms with Gasteiger partial charge in [-0.2, -0.15) is 0 Å². The third-order valence-corrected chi connectivity index (χ3v) is 4.16. The number of hydrogen-bond donors (Lipinski definition) is 0. The predicted octanol–water partition coefficient (Wildman–Crippen LogP) is 3.98. The second-order valence-electron chi connectivity index (χ2n) is 7.35. The Morgan fingerprint density at radius 3 is 2.59 bits per heavy atom. The van der Waals surface area contributed by atoms with Gasteiger partial charge in [0.2, 0.25) is 12.6 Å². The SMILES string of the molecule is CC(C)(C)C(=O)Oc1ccc2c(c1)OC(=Cc1ccc3c(c1)OCO3)C2=O. The van der Waals surface area contributed by atoms with Gasteiger partial charge in [-0.3, -0.25) is 9.59 Å². The van der Waals surface area contributed by atoms with Crippen LogP contribution in [0.1, 0.15) is 36.7 Å². The van der Waals surface area contributed by atoms with E-state index in [0.29, 0.717) is 28.6 Å². The number of ketones is 1. The van der Waals surface area contributed by atoms with Crippen molar-refractivity contribution in [3.63, 3.8) is 0 Å². The molecule has 2 heterocycles. The molecule has 0 saturated carbocycles. The summed E-state index contributed by atoms with van der Waals surface area (Å²) in [5, 5.41) is 0. The molecule has 0 amide bonds. The maximum Gasteiger partial charge on any atom is 0.316 e. The second-order valence-corrected chi connectivity index (χ2v) is 7.35. The first-order valence-electron chi connectivity index (χ1n) is 8.51. The third-order valence-electron chi connectivity index (χ3n) is 4.16. The van der Waals surface area contributed by atoms with E-state index < -0.39 is 5.41 Å². The molecule has 0 N–H and O–H groups in total. The molecular weight excluding hydrogens is 348 g/mol. The van der Waals surface area contributed by atoms with E-state index in [9.17, 15) is 9.59 Å². The average Bonchev–Trinajstić information content (AvgIpc) is 3.18. The predicted molar refractivity (Wildman–Crippen MR) is 97.0 cm³/mol. The number of esters is 1. The summed E-state index contributed by atoms with van der Waals surface area (Å²) in [4.78, 5) is 24.6. The maximum atomic E-state index is 12.6. The van der Waals surface area contributed by atoms with Crippen LogP contribution in [0.2, 0.25) is 0 Å². The lowest BCUT2D eigenvalue weighted by Crippen LogP contribution is -2.25. The number of fused-ring (bicyclic) bond motifs is 2. The van der Waals surface area contributed by atoms with Crippen molar-refractivity contribution in [2.75, 3.05) is 6.79 Å². The standard InChI is InChI=1S/C21H18O6/c1-21(2,3)20(23)26-13-5-6-14-16(10-13)27-18(19(14)22)9-12-4-7-15-17(8-12)25-11-24-15/h4-10H,11H2,1-3H3. The molecule has 0 aliphatic carbocycles. The van der Waals surface area contributed by atoms with E-state index in [1.54, 1.807) is 57.2 Å². The Hall–Kier alpha value is -3.28. The van der Waals surface area contributed by atoms with E-state index >= 15 is 0 Å². The summed E-state index contributed by atoms with van der Waals surface area (Å²) in [5.74, 6) is 1.62. The van der Waals surface area contributed by atoms with E-state index in [0.717, 1.165) is 5.56 Å². The van der Waals surface area contributed by atoms with E-state index in [1.807, 2.05) is 6.07 Å². The molecule has 0 atom stereocenters. The number of carbonyl (C=O) groups is 2. The topological polar surface area (TPSA) is 71.1 Å². The van der Waals surface area contributed by atoms with Crippen LogP contribution in [0.3, 0.4) is 0 Å². The highest BCUT2D eigenvalue weighted by Gasteiger charge is 2.29. The summed E-state index contributed by atoms with van der Waals surface area (Å²) in [6.07, 6.45) is 1.64. The molecule has 0 unspecified atom stereocenters. The zero-order valence-electron chi connectivity index (χ0n) is 15.2. The largest absolute Gasteiger partial charge is 0.454 e. The van der Waals surface area contributed by atoms with E-state index in [2.05, 4.69) is 0 Å². The van der Waals surface area contributed by atoms with Crippen LogP contribution < -0.4 is 18.9 Å². The maximum absolute atomic E-state index is 12.6. The number of rotatable bonds is 2. The van der Waals surface area contributed by atoms with Crippen LogP contribution in [-0.4, -0.2) is 18.5 Å². The molecule has 0 bridgehead atoms. The van der Waals surface area contributed by atoms with Crippen LogP contribution in [-0.2, 0) is 4.79 Å². The molecule has 4 rings (SSSR count). The number of ether oxygens (including phenoxy) is 4. The fourth-order valence-electron chi connectivity index (χ4n) is 2.65. The van der Waals surface area contributed by atoms with Crippen LogP contribution in [0.15, 0.2) is 42.2 Å². The summed E-state index contributed by atoms with van der Waals surface area (Å²) in [6.45, 7) is 5.51. The van der Waals surface area contributed by atoms with Crippen molar-refractivity contribution >= 4 is 17.8 Å². The van der Waals surface area contributed by atoms with Gasteiger partial charge in [0.25, 0.3) is 0 Å². The molecule has 0 aromatic heterocycles. The van der Waals surface area contributed by atoms with Gasteiger partial charge in [-0.1, -0.05) is 6.07 Å². The van der Waals surface area contributed by atoms with Crippen LogP contribution in [0.25, 0.3) is 6.08 Å². The Labute approximate surface area is 156 Å². The Balaban J connectivity index is 1.57. The highest BCUT2D eigenvalue weighted by Crippen LogP contribution is 2.37. The summed E-state index contributed by atoms with van der Waals surface area (Å²) < 4.78 is 21.7. The molecule has 2 aromatic carbocycles. The lowest BCUT2D eigenvalue weighted by Gasteiger charge is -2.16. The van der Waals surface area contributed by atoms with Gasteiger partial charge in [0.05, 0.1) is 11.0 Å². The van der Waals surface area contributed by atoms with E-state index in [4.69, 9.17) is 18.9 Å². The highest BCUT2D eigenvalue weighted by atomic mass is 16.7. The van der Waals surface area contributed by atoms with Crippen molar-refractivity contribution in [2.24, 2.45) is 5.41 Å². The molecule has 138 valence electrons. The first kappa shape index (κ1) is 17.1. The second kappa shape index (κ2) is 6.16. The van der Waals surface area contributed by atoms with Gasteiger partial charge < -0.3 is 18.9 Å². The number of carbonyl (C=O) groups excluding carboxylic acids is 2. The molecule has 0 fully saturated rings. The van der Waals surface area contributed by atoms with Gasteiger partial charge in [0, 0.05) is 6.07 Å². The molecule has 0 saturated heterocycles. The summed E-state index contributed by atoms with van der Waals surface area (Å²) >= 11 is 0. The minimum Gasteiger partial charge on any atom is -0.454 e. The molecule has 2 aliphatic heterocycles. The molecule has 2 aromatic rings. The average molecular weight is 366 g/mol. The smallest absolute Gasteiger partial charge is 0.316 e. The minimum atomic E-state index is -0.625. The molecule has 0 radical (unpaired) electrons. The van der Waals surface area contributed by atoms with Gasteiger partial charge in [0.1, 0.15) is 11.5 Å². The lowest BCUT2D eigenvalue weighted by atomic mass is 9.97. The van der Waals surface area contributed by atoms with Crippen LogP contribution in [0, 0.1) is 5.41 Å². The van der Waals surface area contributed by atoms with Gasteiger partial charge in [-0.05, 0) is 56.7 Å². The molecule has 6 nitrogen and oxygen atoms in total. The van der Waals surface area contributed by atoms with Crippen molar-refractivity contribution in [1.82, 2.24) is 0 Å². The molecular formula is C21H18O6. The first-order valence-corrected chi connectivity index (χ1v) is 8.51. The minimum absolute atomic E-state index is 0.187. The number of benzene rings is 2. The molecule has 27 heavy (non-hydrogen) atoms. The number of hydrogen-bond acceptors (Lipinski definition) is 6. The number of Topliss-reactive ketones (excluding diaryl/α,β-unsaturated/α-hetero) is 1. The monoisotopic (exact) mass is 366 g/mol. The number of allylic oxidation sites excluding steroid dienone is 1. The van der Waals surface area contributed by atoms with Gasteiger partial charge in [-0.25, -0.2) is 0 Å². The van der Waals surface area contributed by atoms with Crippen molar-refractivity contribution < 1.29 is 28.5 Å². The van der Waals surface area contributed by atoms with Crippen molar-refractivity contribution in [1.29, 1.82) is 0 Å². The quantitative estimate of drug-likeness (QED) is 0.455. The molecule has 2 aliphatic rings. The third kappa shape index (κ3) is 3.26. The van der Waals surface area contributed by atoms with Crippen molar-refractivity contribution in [3.05, 3.63) is 53.3 Å². The first-order chi connectivity index (χ1) is 12.8. The van der Waals surface area contributed by atoms with Crippen molar-refractivity contribution in [2.45, 2.75) is 20.8 Å². The lowest BCUT2D eigenvalue weighted by molar-refractivity contribution is -0.143. The van der Waals surface area contributed by atoms with Gasteiger partial charge >= 0.3 is 5.97 Å². The van der Waals surface area contributed by atoms with E-state index in [1.165, 1.54) is 0 Å². The fraction of sp³-hybridized carbons (Fsp3) is 0.238. The zero-order chi connectivity index (χ0) is 19.2. The zero-order valence-corrected chi connectivity index (χ0v) is 15.2. The Morgan fingerprint density at radius 2 is 1.81 bits per heavy atom. The summed E-state index contributed by atoms with van der Waals surface area (Å²) in [6, 6.07) is 10.1. The van der Waals surface area contributed by atoms with Gasteiger partial charge in [-0.15, -0.1) is 0 Å². The molecule has 0 spiro atoms. The fourth-order valence-corrected chi connectivity index (χ4v) is 2.65. The van der Waals surface area contributed by atoms with Gasteiger partial charge in [0.15, 0.2) is 17.3 Å². The Kier molecular flexibility index (Phi) is 3.91. The summed E-state index contributed by atoms with van der Waals surface area (Å²) in [7, 11) is 0. The summed E-state index contributed by atoms with van der Waals surface area (Å²) in [5.41, 5.74) is 0.562. The Bertz CT molecular complexity index is 981. The van der Waals surface area contributed by atoms with Crippen LogP contribution in [0.4, 0.5) is 0 Å². The highest BCUT2D eigenvalue weighted by molar-refractivity contribution is 6.14. The van der Waals surface area contributed by atoms with Crippen molar-refractivity contribution in [3.8, 4) is 23.0 Å². The van der Waals surface area contributed by atoms with E-state index in [-0.39, 0.29) is 24.3 Å². The normalized spacial score (nSPS) is 16.3. The Morgan fingerprint density at radius 1 is 1.04 bits per heavy atom. The van der Waals surface area contributed by atoms with Crippen LogP contribution >= 0.6 is 0 Å².